The molecule has 0 unspecified atom stereocenters. The molecule has 6 heteroatoms. The molecule has 0 aliphatic heterocycles. The molecule has 110 valence electrons. The molecule has 2 aromatic rings. The third-order valence-electron chi connectivity index (χ3n) is 2.73. The summed E-state index contributed by atoms with van der Waals surface area (Å²) in [6, 6.07) is 10.2. The fourth-order valence-electron chi connectivity index (χ4n) is 1.69. The Morgan fingerprint density at radius 2 is 1.86 bits per heavy atom. The van der Waals surface area contributed by atoms with Crippen molar-refractivity contribution in [2.75, 3.05) is 11.9 Å². The van der Waals surface area contributed by atoms with Crippen molar-refractivity contribution in [1.82, 2.24) is 0 Å². The van der Waals surface area contributed by atoms with Crippen LogP contribution in [0.5, 0.6) is 5.75 Å². The maximum Gasteiger partial charge on any atom is 0.255 e. The molecule has 0 spiro atoms. The number of hydrogen-bond donors (Lipinski definition) is 2. The van der Waals surface area contributed by atoms with Gasteiger partial charge in [0.15, 0.2) is 6.61 Å². The van der Waals surface area contributed by atoms with Gasteiger partial charge in [-0.05, 0) is 30.3 Å². The maximum absolute atomic E-state index is 13.4. The largest absolute Gasteiger partial charge is 0.484 e. The number of ether oxygens (including phenoxy) is 1. The molecule has 0 saturated heterocycles. The minimum absolute atomic E-state index is 0.187. The van der Waals surface area contributed by atoms with Crippen LogP contribution in [0.1, 0.15) is 5.56 Å². The van der Waals surface area contributed by atoms with E-state index in [-0.39, 0.29) is 13.2 Å². The number of benzene rings is 2. The van der Waals surface area contributed by atoms with E-state index in [0.29, 0.717) is 11.3 Å². The molecule has 1 amide bonds. The Bertz CT molecular complexity index is 630. The van der Waals surface area contributed by atoms with Gasteiger partial charge in [0.05, 0.1) is 0 Å². The average Bonchev–Trinajstić information content (AvgIpc) is 2.45. The lowest BCUT2D eigenvalue weighted by Gasteiger charge is -2.09. The summed E-state index contributed by atoms with van der Waals surface area (Å²) in [5.41, 5.74) is 6.08. The average molecular weight is 292 g/mol. The van der Waals surface area contributed by atoms with E-state index in [0.717, 1.165) is 11.8 Å². The van der Waals surface area contributed by atoms with Gasteiger partial charge in [0.25, 0.3) is 5.91 Å². The van der Waals surface area contributed by atoms with Gasteiger partial charge in [0.2, 0.25) is 0 Å². The van der Waals surface area contributed by atoms with Gasteiger partial charge in [-0.3, -0.25) is 4.79 Å². The van der Waals surface area contributed by atoms with Gasteiger partial charge < -0.3 is 15.8 Å². The summed E-state index contributed by atoms with van der Waals surface area (Å²) in [7, 11) is 0. The summed E-state index contributed by atoms with van der Waals surface area (Å²) in [5.74, 6) is -1.24. The van der Waals surface area contributed by atoms with Crippen LogP contribution in [-0.4, -0.2) is 12.5 Å². The summed E-state index contributed by atoms with van der Waals surface area (Å²) in [6.45, 7) is 0.0428. The van der Waals surface area contributed by atoms with Crippen LogP contribution in [0, 0.1) is 11.6 Å². The van der Waals surface area contributed by atoms with Gasteiger partial charge in [-0.25, -0.2) is 8.78 Å². The van der Waals surface area contributed by atoms with E-state index < -0.39 is 17.5 Å². The zero-order chi connectivity index (χ0) is 15.2. The first-order valence-electron chi connectivity index (χ1n) is 6.23. The Hall–Kier alpha value is -2.63. The SMILES string of the molecule is NC(=O)COc1ccc(NCc2ccc(F)cc2F)cc1. The van der Waals surface area contributed by atoms with Crippen LogP contribution in [0.25, 0.3) is 0 Å². The van der Waals surface area contributed by atoms with Gasteiger partial charge in [-0.1, -0.05) is 6.07 Å². The maximum atomic E-state index is 13.4. The molecule has 0 heterocycles. The highest BCUT2D eigenvalue weighted by molar-refractivity contribution is 5.75. The van der Waals surface area contributed by atoms with Gasteiger partial charge in [-0.15, -0.1) is 0 Å². The first-order valence-corrected chi connectivity index (χ1v) is 6.23. The number of primary amides is 1. The van der Waals surface area contributed by atoms with Gasteiger partial charge in [0, 0.05) is 23.9 Å². The van der Waals surface area contributed by atoms with Crippen LogP contribution in [0.3, 0.4) is 0 Å². The number of rotatable bonds is 6. The van der Waals surface area contributed by atoms with Crippen LogP contribution < -0.4 is 15.8 Å². The number of anilines is 1. The molecule has 21 heavy (non-hydrogen) atoms. The molecule has 4 nitrogen and oxygen atoms in total. The number of nitrogens with one attached hydrogen (secondary N) is 1. The molecule has 0 atom stereocenters. The van der Waals surface area contributed by atoms with Crippen molar-refractivity contribution >= 4 is 11.6 Å². The smallest absolute Gasteiger partial charge is 0.255 e. The van der Waals surface area contributed by atoms with Gasteiger partial charge >= 0.3 is 0 Å². The summed E-state index contributed by atoms with van der Waals surface area (Å²) in [4.78, 5) is 10.6. The van der Waals surface area contributed by atoms with Crippen LogP contribution in [0.4, 0.5) is 14.5 Å². The Balaban J connectivity index is 1.92. The van der Waals surface area contributed by atoms with Crippen molar-refractivity contribution < 1.29 is 18.3 Å². The van der Waals surface area contributed by atoms with Crippen molar-refractivity contribution in [2.24, 2.45) is 5.73 Å². The van der Waals surface area contributed by atoms with Crippen LogP contribution in [0.15, 0.2) is 42.5 Å². The second kappa shape index (κ2) is 6.69. The zero-order valence-corrected chi connectivity index (χ0v) is 11.1. The van der Waals surface area contributed by atoms with Crippen LogP contribution >= 0.6 is 0 Å². The van der Waals surface area contributed by atoms with Crippen molar-refractivity contribution in [2.45, 2.75) is 6.54 Å². The van der Waals surface area contributed by atoms with E-state index in [1.165, 1.54) is 12.1 Å². The van der Waals surface area contributed by atoms with Crippen molar-refractivity contribution in [1.29, 1.82) is 0 Å². The molecule has 0 bridgehead atoms. The number of halogens is 2. The fourth-order valence-corrected chi connectivity index (χ4v) is 1.69. The predicted molar refractivity (Wildman–Crippen MR) is 74.8 cm³/mol. The Labute approximate surface area is 120 Å². The number of nitrogens with two attached hydrogens (primary N) is 1. The molecule has 0 fully saturated rings. The predicted octanol–water partition coefficient (Wildman–Crippen LogP) is 2.44. The Kier molecular flexibility index (Phi) is 4.71. The molecule has 0 saturated carbocycles. The Morgan fingerprint density at radius 1 is 1.14 bits per heavy atom. The molecule has 0 aromatic heterocycles. The standard InChI is InChI=1S/C15H14F2N2O2/c16-11-2-1-10(14(17)7-11)8-19-12-3-5-13(6-4-12)21-9-15(18)20/h1-7,19H,8-9H2,(H2,18,20). The minimum Gasteiger partial charge on any atom is -0.484 e. The van der Waals surface area contributed by atoms with E-state index in [9.17, 15) is 13.6 Å². The number of carbonyl (C=O) groups excluding carboxylic acids is 1. The number of amides is 1. The summed E-state index contributed by atoms with van der Waals surface area (Å²) >= 11 is 0. The van der Waals surface area contributed by atoms with E-state index in [1.807, 2.05) is 0 Å². The summed E-state index contributed by atoms with van der Waals surface area (Å²) < 4.78 is 31.3. The highest BCUT2D eigenvalue weighted by Gasteiger charge is 2.04. The summed E-state index contributed by atoms with van der Waals surface area (Å²) in [6.07, 6.45) is 0. The normalized spacial score (nSPS) is 10.2. The molecule has 2 rings (SSSR count). The highest BCUT2D eigenvalue weighted by Crippen LogP contribution is 2.17. The quantitative estimate of drug-likeness (QED) is 0.859. The molecule has 2 aromatic carbocycles. The molecule has 0 aliphatic rings. The molecular formula is C15H14F2N2O2. The minimum atomic E-state index is -0.604. The van der Waals surface area contributed by atoms with Gasteiger partial charge in [0.1, 0.15) is 17.4 Å². The van der Waals surface area contributed by atoms with Crippen LogP contribution in [-0.2, 0) is 11.3 Å². The summed E-state index contributed by atoms with van der Waals surface area (Å²) in [5, 5.41) is 3.00. The lowest BCUT2D eigenvalue weighted by molar-refractivity contribution is -0.119. The highest BCUT2D eigenvalue weighted by atomic mass is 19.1. The molecule has 3 N–H and O–H groups in total. The third kappa shape index (κ3) is 4.45. The lowest BCUT2D eigenvalue weighted by atomic mass is 10.2. The van der Waals surface area contributed by atoms with Crippen LogP contribution in [0.2, 0.25) is 0 Å². The van der Waals surface area contributed by atoms with Gasteiger partial charge in [-0.2, -0.15) is 0 Å². The van der Waals surface area contributed by atoms with Crippen molar-refractivity contribution in [3.8, 4) is 5.75 Å². The van der Waals surface area contributed by atoms with E-state index in [4.69, 9.17) is 10.5 Å². The zero-order valence-electron chi connectivity index (χ0n) is 11.1. The number of carbonyl (C=O) groups is 1. The molecular weight excluding hydrogens is 278 g/mol. The number of hydrogen-bond acceptors (Lipinski definition) is 3. The topological polar surface area (TPSA) is 64.4 Å². The second-order valence-electron chi connectivity index (χ2n) is 4.37. The second-order valence-corrected chi connectivity index (χ2v) is 4.37. The first-order chi connectivity index (χ1) is 10.0. The van der Waals surface area contributed by atoms with E-state index in [1.54, 1.807) is 24.3 Å². The van der Waals surface area contributed by atoms with E-state index in [2.05, 4.69) is 5.32 Å². The van der Waals surface area contributed by atoms with Crippen molar-refractivity contribution in [3.05, 3.63) is 59.7 Å². The van der Waals surface area contributed by atoms with E-state index >= 15 is 0 Å². The monoisotopic (exact) mass is 292 g/mol. The fraction of sp³-hybridized carbons (Fsp3) is 0.133. The molecule has 0 radical (unpaired) electrons. The lowest BCUT2D eigenvalue weighted by Crippen LogP contribution is -2.19. The Morgan fingerprint density at radius 3 is 2.48 bits per heavy atom. The van der Waals surface area contributed by atoms with Crippen molar-refractivity contribution in [3.63, 3.8) is 0 Å². The molecule has 0 aliphatic carbocycles. The first kappa shape index (κ1) is 14.8. The third-order valence-corrected chi connectivity index (χ3v) is 2.73.